The van der Waals surface area contributed by atoms with Gasteiger partial charge >= 0.3 is 0 Å². The predicted octanol–water partition coefficient (Wildman–Crippen LogP) is -1.46. The minimum absolute atomic E-state index is 0.363. The van der Waals surface area contributed by atoms with Crippen molar-refractivity contribution in [1.29, 1.82) is 0 Å². The number of carbonyl (C=O) groups excluding carboxylic acids is 1. The van der Waals surface area contributed by atoms with E-state index in [0.717, 1.165) is 0 Å². The number of alkyl halides is 1. The first kappa shape index (κ1) is 10.4. The average Bonchev–Trinajstić information content (AvgIpc) is 2.05. The second-order valence-corrected chi connectivity index (χ2v) is 2.96. The quantitative estimate of drug-likeness (QED) is 0.475. The second-order valence-electron chi connectivity index (χ2n) is 2.96. The number of amides is 1. The van der Waals surface area contributed by atoms with Crippen molar-refractivity contribution in [2.75, 3.05) is 6.61 Å². The summed E-state index contributed by atoms with van der Waals surface area (Å²) in [5, 5.41) is 20.6. The lowest BCUT2D eigenvalue weighted by Crippen LogP contribution is -2.59. The van der Waals surface area contributed by atoms with Crippen LogP contribution in [-0.2, 0) is 9.53 Å². The largest absolute Gasteiger partial charge is 0.388 e. The summed E-state index contributed by atoms with van der Waals surface area (Å²) in [7, 11) is 0. The van der Waals surface area contributed by atoms with E-state index in [1.54, 1.807) is 0 Å². The summed E-state index contributed by atoms with van der Waals surface area (Å²) in [4.78, 5) is 10.6. The number of rotatable bonds is 1. The number of nitrogens with one attached hydrogen (secondary N) is 1. The Labute approximate surface area is 74.5 Å². The van der Waals surface area contributed by atoms with Gasteiger partial charge in [0.1, 0.15) is 12.1 Å². The topological polar surface area (TPSA) is 78.8 Å². The Kier molecular flexibility index (Phi) is 3.18. The van der Waals surface area contributed by atoms with Crippen molar-refractivity contribution in [3.63, 3.8) is 0 Å². The molecule has 4 atom stereocenters. The van der Waals surface area contributed by atoms with Crippen molar-refractivity contribution in [2.24, 2.45) is 0 Å². The monoisotopic (exact) mass is 193 g/mol. The Balaban J connectivity index is 2.60. The van der Waals surface area contributed by atoms with Crippen LogP contribution in [0.2, 0.25) is 0 Å². The minimum Gasteiger partial charge on any atom is -0.388 e. The number of aliphatic hydroxyl groups excluding tert-OH is 2. The van der Waals surface area contributed by atoms with E-state index in [9.17, 15) is 14.3 Å². The van der Waals surface area contributed by atoms with Gasteiger partial charge in [0, 0.05) is 6.92 Å². The average molecular weight is 193 g/mol. The number of ether oxygens (including phenoxy) is 1. The minimum atomic E-state index is -1.58. The first-order valence-electron chi connectivity index (χ1n) is 3.91. The van der Waals surface area contributed by atoms with Crippen LogP contribution < -0.4 is 5.32 Å². The molecular weight excluding hydrogens is 181 g/mol. The van der Waals surface area contributed by atoms with E-state index in [2.05, 4.69) is 10.1 Å². The predicted molar refractivity (Wildman–Crippen MR) is 40.5 cm³/mol. The van der Waals surface area contributed by atoms with Gasteiger partial charge in [0.15, 0.2) is 12.5 Å². The maximum absolute atomic E-state index is 12.8. The lowest BCUT2D eigenvalue weighted by atomic mass is 10.0. The number of halogens is 1. The van der Waals surface area contributed by atoms with Gasteiger partial charge in [-0.3, -0.25) is 4.79 Å². The zero-order valence-corrected chi connectivity index (χ0v) is 7.11. The molecular formula is C7H12FNO4. The van der Waals surface area contributed by atoms with Gasteiger partial charge in [0.25, 0.3) is 0 Å². The van der Waals surface area contributed by atoms with Gasteiger partial charge in [-0.1, -0.05) is 0 Å². The number of aliphatic hydroxyl groups is 2. The molecule has 0 spiro atoms. The second kappa shape index (κ2) is 3.99. The van der Waals surface area contributed by atoms with Crippen molar-refractivity contribution in [3.05, 3.63) is 0 Å². The van der Waals surface area contributed by atoms with E-state index in [1.807, 2.05) is 0 Å². The summed E-state index contributed by atoms with van der Waals surface area (Å²) in [6.45, 7) is 0.847. The third-order valence-electron chi connectivity index (χ3n) is 1.84. The van der Waals surface area contributed by atoms with Crippen LogP contribution in [0.15, 0.2) is 0 Å². The molecule has 1 rings (SSSR count). The van der Waals surface area contributed by atoms with E-state index in [1.165, 1.54) is 6.92 Å². The molecule has 1 aliphatic rings. The van der Waals surface area contributed by atoms with E-state index in [-0.39, 0.29) is 6.61 Å². The molecule has 6 heteroatoms. The zero-order valence-electron chi connectivity index (χ0n) is 7.11. The van der Waals surface area contributed by atoms with Gasteiger partial charge in [0.05, 0.1) is 6.61 Å². The fourth-order valence-electron chi connectivity index (χ4n) is 1.18. The molecule has 0 aliphatic carbocycles. The molecule has 0 bridgehead atoms. The highest BCUT2D eigenvalue weighted by molar-refractivity contribution is 5.73. The van der Waals surface area contributed by atoms with Crippen LogP contribution >= 0.6 is 0 Å². The van der Waals surface area contributed by atoms with E-state index >= 15 is 0 Å². The van der Waals surface area contributed by atoms with Gasteiger partial charge < -0.3 is 20.3 Å². The molecule has 1 fully saturated rings. The Morgan fingerprint density at radius 3 is 2.77 bits per heavy atom. The molecule has 76 valence electrons. The van der Waals surface area contributed by atoms with Crippen molar-refractivity contribution in [1.82, 2.24) is 5.32 Å². The van der Waals surface area contributed by atoms with E-state index in [0.29, 0.717) is 0 Å². The summed E-state index contributed by atoms with van der Waals surface area (Å²) in [6, 6.07) is -1.10. The van der Waals surface area contributed by atoms with Crippen molar-refractivity contribution < 1.29 is 24.1 Å². The SMILES string of the molecule is CC(=O)N[C@@H]1[C@@H](O)[C@H](F)CO[C@@H]1O. The Bertz CT molecular complexity index is 201. The van der Waals surface area contributed by atoms with Gasteiger partial charge in [-0.05, 0) is 0 Å². The van der Waals surface area contributed by atoms with Gasteiger partial charge in [-0.2, -0.15) is 0 Å². The summed E-state index contributed by atoms with van der Waals surface area (Å²) in [5.74, 6) is -0.458. The van der Waals surface area contributed by atoms with Crippen LogP contribution in [0.1, 0.15) is 6.92 Å². The van der Waals surface area contributed by atoms with Crippen molar-refractivity contribution >= 4 is 5.91 Å². The molecule has 3 N–H and O–H groups in total. The molecule has 0 unspecified atom stereocenters. The molecule has 1 aliphatic heterocycles. The molecule has 1 heterocycles. The van der Waals surface area contributed by atoms with Crippen LogP contribution in [0.3, 0.4) is 0 Å². The lowest BCUT2D eigenvalue weighted by Gasteiger charge is -2.34. The first-order valence-corrected chi connectivity index (χ1v) is 3.91. The van der Waals surface area contributed by atoms with E-state index in [4.69, 9.17) is 5.11 Å². The fourth-order valence-corrected chi connectivity index (χ4v) is 1.18. The number of hydrogen-bond acceptors (Lipinski definition) is 4. The molecule has 0 saturated carbocycles. The smallest absolute Gasteiger partial charge is 0.217 e. The maximum atomic E-state index is 12.8. The van der Waals surface area contributed by atoms with Crippen LogP contribution in [-0.4, -0.2) is 47.3 Å². The number of carbonyl (C=O) groups is 1. The van der Waals surface area contributed by atoms with Gasteiger partial charge in [-0.15, -0.1) is 0 Å². The van der Waals surface area contributed by atoms with Gasteiger partial charge in [-0.25, -0.2) is 4.39 Å². The highest BCUT2D eigenvalue weighted by Crippen LogP contribution is 2.16. The normalized spacial score (nSPS) is 40.0. The molecule has 5 nitrogen and oxygen atoms in total. The van der Waals surface area contributed by atoms with Crippen LogP contribution in [0.25, 0.3) is 0 Å². The first-order chi connectivity index (χ1) is 6.02. The Hall–Kier alpha value is -0.720. The molecule has 0 aromatic heterocycles. The summed E-state index contributed by atoms with van der Waals surface area (Å²) in [5.41, 5.74) is 0. The summed E-state index contributed by atoms with van der Waals surface area (Å²) in [6.07, 6.45) is -4.36. The van der Waals surface area contributed by atoms with Crippen LogP contribution in [0.5, 0.6) is 0 Å². The maximum Gasteiger partial charge on any atom is 0.217 e. The zero-order chi connectivity index (χ0) is 10.0. The molecule has 13 heavy (non-hydrogen) atoms. The van der Waals surface area contributed by atoms with Crippen molar-refractivity contribution in [3.8, 4) is 0 Å². The van der Waals surface area contributed by atoms with Crippen LogP contribution in [0, 0.1) is 0 Å². The standard InChI is InChI=1S/C7H12FNO4/c1-3(10)9-5-6(11)4(8)2-13-7(5)12/h4-7,11-12H,2H2,1H3,(H,9,10)/t4-,5-,6+,7+/m1/s1. The highest BCUT2D eigenvalue weighted by atomic mass is 19.1. The van der Waals surface area contributed by atoms with Crippen LogP contribution in [0.4, 0.5) is 4.39 Å². The third kappa shape index (κ3) is 2.36. The summed E-state index contributed by atoms with van der Waals surface area (Å²) < 4.78 is 17.4. The molecule has 0 aromatic carbocycles. The number of hydrogen-bond donors (Lipinski definition) is 3. The Morgan fingerprint density at radius 1 is 1.62 bits per heavy atom. The van der Waals surface area contributed by atoms with Crippen molar-refractivity contribution in [2.45, 2.75) is 31.5 Å². The fraction of sp³-hybridized carbons (Fsp3) is 0.857. The molecule has 1 amide bonds. The summed E-state index contributed by atoms with van der Waals surface area (Å²) >= 11 is 0. The van der Waals surface area contributed by atoms with Gasteiger partial charge in [0.2, 0.25) is 5.91 Å². The molecule has 0 radical (unpaired) electrons. The third-order valence-corrected chi connectivity index (χ3v) is 1.84. The molecule has 1 saturated heterocycles. The highest BCUT2D eigenvalue weighted by Gasteiger charge is 2.39. The Morgan fingerprint density at radius 2 is 2.23 bits per heavy atom. The van der Waals surface area contributed by atoms with E-state index < -0.39 is 30.5 Å². The molecule has 0 aromatic rings. The lowest BCUT2D eigenvalue weighted by molar-refractivity contribution is -0.199.